The van der Waals surface area contributed by atoms with Crippen molar-refractivity contribution in [2.24, 2.45) is 7.05 Å². The highest BCUT2D eigenvalue weighted by molar-refractivity contribution is 7.92. The molecule has 1 atom stereocenters. The maximum Gasteiger partial charge on any atom is 0.296 e. The van der Waals surface area contributed by atoms with E-state index in [9.17, 15) is 18.0 Å². The number of aromatic nitrogens is 2. The summed E-state index contributed by atoms with van der Waals surface area (Å²) in [4.78, 5) is 25.9. The molecule has 1 amide bonds. The first kappa shape index (κ1) is 25.0. The average molecular weight is 519 g/mol. The molecule has 1 saturated heterocycles. The number of para-hydroxylation sites is 1. The van der Waals surface area contributed by atoms with Crippen LogP contribution in [0.3, 0.4) is 0 Å². The van der Waals surface area contributed by atoms with Crippen LogP contribution in [0.15, 0.2) is 58.2 Å². The molecule has 186 valence electrons. The van der Waals surface area contributed by atoms with Crippen molar-refractivity contribution in [3.8, 4) is 5.69 Å². The van der Waals surface area contributed by atoms with Crippen molar-refractivity contribution in [1.82, 2.24) is 14.7 Å². The SMILES string of the molecule is Cc1c(N(C)S(=O)(=O)c2ccc(Cl)c(C(=O)NCC3CCCO3)c2)c(=O)n(-c2ccccc2)n1C. The minimum absolute atomic E-state index is 0.00990. The molecule has 1 aromatic heterocycles. The number of hydrogen-bond acceptors (Lipinski definition) is 5. The summed E-state index contributed by atoms with van der Waals surface area (Å²) < 4.78 is 36.5. The third-order valence-corrected chi connectivity index (χ3v) is 8.28. The fourth-order valence-corrected chi connectivity index (χ4v) is 5.62. The minimum atomic E-state index is -4.18. The Kier molecular flexibility index (Phi) is 7.07. The van der Waals surface area contributed by atoms with Crippen LogP contribution in [0.5, 0.6) is 0 Å². The molecule has 2 aromatic carbocycles. The van der Waals surface area contributed by atoms with E-state index in [2.05, 4.69) is 5.32 Å². The minimum Gasteiger partial charge on any atom is -0.376 e. The molecule has 0 aliphatic carbocycles. The second-order valence-electron chi connectivity index (χ2n) is 8.37. The smallest absolute Gasteiger partial charge is 0.296 e. The van der Waals surface area contributed by atoms with E-state index in [4.69, 9.17) is 16.3 Å². The Morgan fingerprint density at radius 2 is 1.94 bits per heavy atom. The highest BCUT2D eigenvalue weighted by Gasteiger charge is 2.30. The van der Waals surface area contributed by atoms with Crippen LogP contribution in [0.25, 0.3) is 5.69 Å². The van der Waals surface area contributed by atoms with Crippen LogP contribution in [-0.2, 0) is 21.8 Å². The molecule has 0 bridgehead atoms. The van der Waals surface area contributed by atoms with Gasteiger partial charge in [-0.25, -0.2) is 13.1 Å². The number of carbonyl (C=O) groups excluding carboxylic acids is 1. The third kappa shape index (κ3) is 4.73. The van der Waals surface area contributed by atoms with Gasteiger partial charge < -0.3 is 10.1 Å². The Balaban J connectivity index is 1.67. The van der Waals surface area contributed by atoms with Gasteiger partial charge in [0.25, 0.3) is 21.5 Å². The van der Waals surface area contributed by atoms with Crippen LogP contribution < -0.4 is 15.2 Å². The molecule has 4 rings (SSSR count). The number of ether oxygens (including phenoxy) is 1. The van der Waals surface area contributed by atoms with Crippen molar-refractivity contribution in [1.29, 1.82) is 0 Å². The number of nitrogens with one attached hydrogen (secondary N) is 1. The van der Waals surface area contributed by atoms with Gasteiger partial charge in [0.2, 0.25) is 0 Å². The van der Waals surface area contributed by atoms with Crippen molar-refractivity contribution < 1.29 is 17.9 Å². The largest absolute Gasteiger partial charge is 0.376 e. The first-order valence-electron chi connectivity index (χ1n) is 11.1. The van der Waals surface area contributed by atoms with Gasteiger partial charge in [-0.2, -0.15) is 0 Å². The van der Waals surface area contributed by atoms with E-state index >= 15 is 0 Å². The second kappa shape index (κ2) is 9.88. The number of nitrogens with zero attached hydrogens (tertiary/aromatic N) is 3. The molecule has 9 nitrogen and oxygen atoms in total. The Hall–Kier alpha value is -3.08. The molecule has 11 heteroatoms. The van der Waals surface area contributed by atoms with E-state index in [1.807, 2.05) is 6.07 Å². The molecule has 2 heterocycles. The predicted molar refractivity (Wildman–Crippen MR) is 134 cm³/mol. The Morgan fingerprint density at radius 3 is 2.60 bits per heavy atom. The topological polar surface area (TPSA) is 103 Å². The molecule has 1 aliphatic heterocycles. The van der Waals surface area contributed by atoms with Gasteiger partial charge in [-0.05, 0) is 50.1 Å². The van der Waals surface area contributed by atoms with Gasteiger partial charge in [0, 0.05) is 27.2 Å². The molecule has 0 saturated carbocycles. The van der Waals surface area contributed by atoms with Crippen LogP contribution in [0.1, 0.15) is 28.9 Å². The summed E-state index contributed by atoms with van der Waals surface area (Å²) in [5.74, 6) is -0.493. The number of halogens is 1. The zero-order valence-electron chi connectivity index (χ0n) is 19.7. The summed E-state index contributed by atoms with van der Waals surface area (Å²) in [6.07, 6.45) is 1.72. The van der Waals surface area contributed by atoms with Crippen LogP contribution in [-0.4, -0.2) is 50.0 Å². The molecule has 1 unspecified atom stereocenters. The average Bonchev–Trinajstić information content (AvgIpc) is 3.44. The Morgan fingerprint density at radius 1 is 1.23 bits per heavy atom. The van der Waals surface area contributed by atoms with Gasteiger partial charge in [0.1, 0.15) is 5.69 Å². The van der Waals surface area contributed by atoms with Crippen LogP contribution >= 0.6 is 11.6 Å². The van der Waals surface area contributed by atoms with Gasteiger partial charge in [0.15, 0.2) is 0 Å². The maximum absolute atomic E-state index is 13.5. The quantitative estimate of drug-likeness (QED) is 0.518. The predicted octanol–water partition coefficient (Wildman–Crippen LogP) is 2.87. The molecule has 0 spiro atoms. The Bertz CT molecular complexity index is 1410. The van der Waals surface area contributed by atoms with E-state index in [0.717, 1.165) is 17.1 Å². The van der Waals surface area contributed by atoms with Gasteiger partial charge in [0.05, 0.1) is 33.0 Å². The number of carbonyl (C=O) groups is 1. The number of hydrogen-bond donors (Lipinski definition) is 1. The van der Waals surface area contributed by atoms with Crippen molar-refractivity contribution in [2.75, 3.05) is 24.5 Å². The van der Waals surface area contributed by atoms with E-state index in [-0.39, 0.29) is 27.3 Å². The number of amides is 1. The molecule has 1 aliphatic rings. The molecule has 1 N–H and O–H groups in total. The zero-order chi connectivity index (χ0) is 25.3. The molecule has 1 fully saturated rings. The highest BCUT2D eigenvalue weighted by Crippen LogP contribution is 2.27. The highest BCUT2D eigenvalue weighted by atomic mass is 35.5. The molecule has 3 aromatic rings. The normalized spacial score (nSPS) is 15.8. The lowest BCUT2D eigenvalue weighted by Gasteiger charge is -2.19. The van der Waals surface area contributed by atoms with Crippen molar-refractivity contribution in [3.05, 3.63) is 75.2 Å². The second-order valence-corrected chi connectivity index (χ2v) is 10.7. The summed E-state index contributed by atoms with van der Waals surface area (Å²) in [6, 6.07) is 12.9. The first-order chi connectivity index (χ1) is 16.6. The third-order valence-electron chi connectivity index (χ3n) is 6.19. The number of anilines is 1. The van der Waals surface area contributed by atoms with Crippen molar-refractivity contribution in [3.63, 3.8) is 0 Å². The van der Waals surface area contributed by atoms with Crippen LogP contribution in [0.2, 0.25) is 5.02 Å². The molecule has 35 heavy (non-hydrogen) atoms. The van der Waals surface area contributed by atoms with Crippen LogP contribution in [0, 0.1) is 6.92 Å². The molecule has 0 radical (unpaired) electrons. The Labute approximate surface area is 208 Å². The summed E-state index contributed by atoms with van der Waals surface area (Å²) in [5, 5.41) is 2.88. The maximum atomic E-state index is 13.5. The first-order valence-corrected chi connectivity index (χ1v) is 13.0. The van der Waals surface area contributed by atoms with Crippen LogP contribution in [0.4, 0.5) is 5.69 Å². The summed E-state index contributed by atoms with van der Waals surface area (Å²) in [5.41, 5.74) is 0.636. The van der Waals surface area contributed by atoms with E-state index < -0.39 is 21.5 Å². The van der Waals surface area contributed by atoms with Gasteiger partial charge in [-0.15, -0.1) is 0 Å². The fourth-order valence-electron chi connectivity index (χ4n) is 4.14. The summed E-state index contributed by atoms with van der Waals surface area (Å²) in [6.45, 7) is 2.65. The van der Waals surface area contributed by atoms with E-state index in [0.29, 0.717) is 24.5 Å². The lowest BCUT2D eigenvalue weighted by atomic mass is 10.2. The number of rotatable bonds is 7. The van der Waals surface area contributed by atoms with Crippen molar-refractivity contribution in [2.45, 2.75) is 30.8 Å². The lowest BCUT2D eigenvalue weighted by Crippen LogP contribution is -2.33. The standard InChI is InChI=1S/C24H27ClN4O5S/c1-16-22(24(31)29(27(16)2)17-8-5-4-6-9-17)28(3)35(32,33)19-11-12-21(25)20(14-19)23(30)26-15-18-10-7-13-34-18/h4-6,8-9,11-12,14,18H,7,10,13,15H2,1-3H3,(H,26,30). The molecular formula is C24H27ClN4O5S. The lowest BCUT2D eigenvalue weighted by molar-refractivity contribution is 0.0857. The number of benzene rings is 2. The fraction of sp³-hybridized carbons (Fsp3) is 0.333. The van der Waals surface area contributed by atoms with Gasteiger partial charge >= 0.3 is 0 Å². The zero-order valence-corrected chi connectivity index (χ0v) is 21.3. The number of sulfonamides is 1. The van der Waals surface area contributed by atoms with Gasteiger partial charge in [-0.1, -0.05) is 29.8 Å². The van der Waals surface area contributed by atoms with Gasteiger partial charge in [-0.3, -0.25) is 18.6 Å². The van der Waals surface area contributed by atoms with E-state index in [1.165, 1.54) is 29.9 Å². The monoisotopic (exact) mass is 518 g/mol. The van der Waals surface area contributed by atoms with Crippen molar-refractivity contribution >= 4 is 33.2 Å². The summed E-state index contributed by atoms with van der Waals surface area (Å²) in [7, 11) is -1.18. The van der Waals surface area contributed by atoms with E-state index in [1.54, 1.807) is 42.9 Å². The molecular weight excluding hydrogens is 492 g/mol. The summed E-state index contributed by atoms with van der Waals surface area (Å²) >= 11 is 6.22.